The van der Waals surface area contributed by atoms with Crippen LogP contribution in [0.5, 0.6) is 0 Å². The minimum absolute atomic E-state index is 0.0900. The second-order valence-electron chi connectivity index (χ2n) is 6.80. The van der Waals surface area contributed by atoms with E-state index in [9.17, 15) is 14.4 Å². The van der Waals surface area contributed by atoms with E-state index in [0.717, 1.165) is 29.0 Å². The van der Waals surface area contributed by atoms with Gasteiger partial charge < -0.3 is 14.0 Å². The summed E-state index contributed by atoms with van der Waals surface area (Å²) in [5, 5.41) is 4.03. The van der Waals surface area contributed by atoms with Crippen molar-refractivity contribution in [2.75, 3.05) is 20.3 Å². The third-order valence-corrected chi connectivity index (χ3v) is 4.87. The van der Waals surface area contributed by atoms with Gasteiger partial charge in [0.25, 0.3) is 5.56 Å². The number of ketones is 1. The summed E-state index contributed by atoms with van der Waals surface area (Å²) in [6, 6.07) is 1.79. The lowest BCUT2D eigenvalue weighted by Crippen LogP contribution is -2.30. The van der Waals surface area contributed by atoms with E-state index in [1.807, 2.05) is 18.4 Å². The van der Waals surface area contributed by atoms with Crippen LogP contribution in [-0.4, -0.2) is 46.4 Å². The number of Topliss-reactive ketones (excluding diaryl/α,β-unsaturated/α-hetero) is 1. The Morgan fingerprint density at radius 3 is 2.50 bits per heavy atom. The van der Waals surface area contributed by atoms with Crippen LogP contribution in [0.1, 0.15) is 49.8 Å². The lowest BCUT2D eigenvalue weighted by Gasteiger charge is -2.10. The first-order chi connectivity index (χ1) is 13.2. The normalized spacial score (nSPS) is 10.9. The van der Waals surface area contributed by atoms with Gasteiger partial charge in [-0.1, -0.05) is 0 Å². The van der Waals surface area contributed by atoms with Crippen molar-refractivity contribution < 1.29 is 19.1 Å². The zero-order valence-corrected chi connectivity index (χ0v) is 17.3. The molecule has 0 aliphatic carbocycles. The molecule has 28 heavy (non-hydrogen) atoms. The van der Waals surface area contributed by atoms with Gasteiger partial charge >= 0.3 is 5.97 Å². The van der Waals surface area contributed by atoms with E-state index in [-0.39, 0.29) is 11.3 Å². The highest BCUT2D eigenvalue weighted by molar-refractivity contribution is 6.00. The molecular formula is C20H27N3O5. The summed E-state index contributed by atoms with van der Waals surface area (Å²) >= 11 is 0. The lowest BCUT2D eigenvalue weighted by atomic mass is 10.1. The van der Waals surface area contributed by atoms with Crippen LogP contribution in [0, 0.1) is 27.7 Å². The Morgan fingerprint density at radius 1 is 1.18 bits per heavy atom. The van der Waals surface area contributed by atoms with Crippen molar-refractivity contribution in [3.8, 4) is 0 Å². The van der Waals surface area contributed by atoms with Gasteiger partial charge in [0.05, 0.1) is 5.69 Å². The standard InChI is InChI=1S/C20H27N3O5/c1-12-10-16(15(4)23(12)8-7-9-27-6)17(24)11-28-20(26)18-13(2)14(3)21-22(5)19(18)25/h10H,7-9,11H2,1-6H3. The van der Waals surface area contributed by atoms with Gasteiger partial charge in [0.2, 0.25) is 5.78 Å². The maximum absolute atomic E-state index is 12.6. The fourth-order valence-corrected chi connectivity index (χ4v) is 3.16. The Morgan fingerprint density at radius 2 is 1.86 bits per heavy atom. The fraction of sp³-hybridized carbons (Fsp3) is 0.500. The molecular weight excluding hydrogens is 362 g/mol. The number of esters is 1. The summed E-state index contributed by atoms with van der Waals surface area (Å²) in [5.74, 6) is -1.12. The first kappa shape index (κ1) is 21.6. The Labute approximate surface area is 164 Å². The summed E-state index contributed by atoms with van der Waals surface area (Å²) in [4.78, 5) is 37.2. The van der Waals surface area contributed by atoms with E-state index in [0.29, 0.717) is 23.4 Å². The van der Waals surface area contributed by atoms with Crippen LogP contribution >= 0.6 is 0 Å². The van der Waals surface area contributed by atoms with Crippen LogP contribution in [0.15, 0.2) is 10.9 Å². The Kier molecular flexibility index (Phi) is 6.90. The number of aryl methyl sites for hydroxylation is 3. The predicted molar refractivity (Wildman–Crippen MR) is 104 cm³/mol. The molecule has 0 fully saturated rings. The first-order valence-electron chi connectivity index (χ1n) is 9.09. The minimum Gasteiger partial charge on any atom is -0.454 e. The minimum atomic E-state index is -0.814. The second kappa shape index (κ2) is 8.97. The molecule has 2 rings (SSSR count). The monoisotopic (exact) mass is 389 g/mol. The molecule has 8 nitrogen and oxygen atoms in total. The number of carbonyl (C=O) groups excluding carboxylic acids is 2. The van der Waals surface area contributed by atoms with Crippen LogP contribution in [0.3, 0.4) is 0 Å². The summed E-state index contributed by atoms with van der Waals surface area (Å²) < 4.78 is 13.4. The average molecular weight is 389 g/mol. The summed E-state index contributed by atoms with van der Waals surface area (Å²) in [7, 11) is 3.12. The predicted octanol–water partition coefficient (Wildman–Crippen LogP) is 1.89. The van der Waals surface area contributed by atoms with Gasteiger partial charge in [-0.3, -0.25) is 9.59 Å². The van der Waals surface area contributed by atoms with E-state index in [2.05, 4.69) is 5.10 Å². The molecule has 0 unspecified atom stereocenters. The van der Waals surface area contributed by atoms with Gasteiger partial charge in [-0.2, -0.15) is 5.10 Å². The molecule has 2 aromatic heterocycles. The molecule has 0 radical (unpaired) electrons. The molecule has 0 aliphatic rings. The van der Waals surface area contributed by atoms with Gasteiger partial charge in [-0.25, -0.2) is 9.48 Å². The second-order valence-corrected chi connectivity index (χ2v) is 6.80. The third kappa shape index (κ3) is 4.39. The highest BCUT2D eigenvalue weighted by Crippen LogP contribution is 2.17. The van der Waals surface area contributed by atoms with Crippen LogP contribution < -0.4 is 5.56 Å². The van der Waals surface area contributed by atoms with Crippen molar-refractivity contribution in [3.05, 3.63) is 50.2 Å². The number of rotatable bonds is 8. The fourth-order valence-electron chi connectivity index (χ4n) is 3.16. The molecule has 0 spiro atoms. The molecule has 0 aromatic carbocycles. The van der Waals surface area contributed by atoms with Crippen LogP contribution in [-0.2, 0) is 23.1 Å². The molecule has 152 valence electrons. The quantitative estimate of drug-likeness (QED) is 0.389. The van der Waals surface area contributed by atoms with Crippen molar-refractivity contribution >= 4 is 11.8 Å². The van der Waals surface area contributed by atoms with E-state index in [4.69, 9.17) is 9.47 Å². The van der Waals surface area contributed by atoms with Gasteiger partial charge in [-0.15, -0.1) is 0 Å². The number of aromatic nitrogens is 3. The molecule has 0 amide bonds. The maximum Gasteiger partial charge on any atom is 0.344 e. The number of hydrogen-bond acceptors (Lipinski definition) is 6. The molecule has 0 aliphatic heterocycles. The maximum atomic E-state index is 12.6. The Hall–Kier alpha value is -2.74. The van der Waals surface area contributed by atoms with Crippen molar-refractivity contribution in [3.63, 3.8) is 0 Å². The third-order valence-electron chi connectivity index (χ3n) is 4.87. The summed E-state index contributed by atoms with van der Waals surface area (Å²) in [6.07, 6.45) is 0.833. The van der Waals surface area contributed by atoms with Crippen LogP contribution in [0.2, 0.25) is 0 Å². The number of nitrogens with zero attached hydrogens (tertiary/aromatic N) is 3. The molecule has 8 heteroatoms. The lowest BCUT2D eigenvalue weighted by molar-refractivity contribution is 0.0470. The number of hydrogen-bond donors (Lipinski definition) is 0. The highest BCUT2D eigenvalue weighted by Gasteiger charge is 2.22. The molecule has 2 aromatic rings. The van der Waals surface area contributed by atoms with Crippen LogP contribution in [0.4, 0.5) is 0 Å². The van der Waals surface area contributed by atoms with Crippen molar-refractivity contribution in [2.24, 2.45) is 7.05 Å². The summed E-state index contributed by atoms with van der Waals surface area (Å²) in [5.41, 5.74) is 2.67. The molecule has 2 heterocycles. The largest absolute Gasteiger partial charge is 0.454 e. The summed E-state index contributed by atoms with van der Waals surface area (Å²) in [6.45, 7) is 8.08. The van der Waals surface area contributed by atoms with Gasteiger partial charge in [-0.05, 0) is 45.7 Å². The Balaban J connectivity index is 2.14. The molecule has 0 atom stereocenters. The van der Waals surface area contributed by atoms with E-state index in [1.165, 1.54) is 7.05 Å². The van der Waals surface area contributed by atoms with Crippen molar-refractivity contribution in [1.29, 1.82) is 0 Å². The first-order valence-corrected chi connectivity index (χ1v) is 9.09. The van der Waals surface area contributed by atoms with Crippen molar-refractivity contribution in [1.82, 2.24) is 14.3 Å². The zero-order chi connectivity index (χ0) is 21.0. The van der Waals surface area contributed by atoms with E-state index >= 15 is 0 Å². The number of ether oxygens (including phenoxy) is 2. The highest BCUT2D eigenvalue weighted by atomic mass is 16.5. The topological polar surface area (TPSA) is 92.4 Å². The van der Waals surface area contributed by atoms with Gasteiger partial charge in [0.15, 0.2) is 6.61 Å². The molecule has 0 saturated heterocycles. The van der Waals surface area contributed by atoms with E-state index < -0.39 is 18.1 Å². The Bertz CT molecular complexity index is 956. The SMILES string of the molecule is COCCCn1c(C)cc(C(=O)COC(=O)c2c(C)c(C)nn(C)c2=O)c1C. The molecule has 0 N–H and O–H groups in total. The zero-order valence-electron chi connectivity index (χ0n) is 17.3. The van der Waals surface area contributed by atoms with Gasteiger partial charge in [0, 0.05) is 44.3 Å². The number of carbonyl (C=O) groups is 2. The smallest absolute Gasteiger partial charge is 0.344 e. The molecule has 0 saturated carbocycles. The van der Waals surface area contributed by atoms with E-state index in [1.54, 1.807) is 27.0 Å². The van der Waals surface area contributed by atoms with Gasteiger partial charge in [0.1, 0.15) is 5.56 Å². The molecule has 0 bridgehead atoms. The number of methoxy groups -OCH3 is 1. The van der Waals surface area contributed by atoms with Crippen LogP contribution in [0.25, 0.3) is 0 Å². The van der Waals surface area contributed by atoms with Crippen molar-refractivity contribution in [2.45, 2.75) is 40.7 Å². The average Bonchev–Trinajstić information content (AvgIpc) is 2.93.